The van der Waals surface area contributed by atoms with Crippen LogP contribution in [-0.2, 0) is 27.4 Å². The molecule has 31 heavy (non-hydrogen) atoms. The molecule has 7 nitrogen and oxygen atoms in total. The Hall–Kier alpha value is -3.35. The lowest BCUT2D eigenvalue weighted by atomic mass is 10.0. The van der Waals surface area contributed by atoms with Gasteiger partial charge in [0.25, 0.3) is 0 Å². The molecule has 0 aromatic heterocycles. The molecule has 0 unspecified atom stereocenters. The summed E-state index contributed by atoms with van der Waals surface area (Å²) in [5.74, 6) is -0.523. The van der Waals surface area contributed by atoms with Gasteiger partial charge in [-0.05, 0) is 43.0 Å². The fourth-order valence-electron chi connectivity index (χ4n) is 2.91. The largest absolute Gasteiger partial charge is 0.445 e. The molecule has 2 rings (SSSR count). The molecule has 3 amide bonds. The molecule has 0 saturated carbocycles. The van der Waals surface area contributed by atoms with Crippen molar-refractivity contribution in [3.63, 3.8) is 0 Å². The monoisotopic (exact) mass is 425 g/mol. The van der Waals surface area contributed by atoms with Crippen LogP contribution in [0.2, 0.25) is 0 Å². The fourth-order valence-corrected chi connectivity index (χ4v) is 2.91. The molecule has 0 radical (unpaired) electrons. The molecule has 1 atom stereocenters. The highest BCUT2D eigenvalue weighted by Gasteiger charge is 2.25. The van der Waals surface area contributed by atoms with Crippen LogP contribution in [0.5, 0.6) is 0 Å². The van der Waals surface area contributed by atoms with Crippen LogP contribution < -0.4 is 16.0 Å². The summed E-state index contributed by atoms with van der Waals surface area (Å²) in [7, 11) is 0. The lowest BCUT2D eigenvalue weighted by Gasteiger charge is -2.21. The van der Waals surface area contributed by atoms with Gasteiger partial charge in [-0.2, -0.15) is 0 Å². The maximum absolute atomic E-state index is 12.7. The number of alkyl carbamates (subject to hydrolysis) is 1. The zero-order chi connectivity index (χ0) is 22.8. The number of carbonyl (C=O) groups is 3. The molecule has 0 saturated heterocycles. The number of benzene rings is 2. The van der Waals surface area contributed by atoms with E-state index in [1.165, 1.54) is 0 Å². The van der Waals surface area contributed by atoms with E-state index < -0.39 is 12.1 Å². The van der Waals surface area contributed by atoms with Crippen LogP contribution in [0.3, 0.4) is 0 Å². The summed E-state index contributed by atoms with van der Waals surface area (Å²) in [6.07, 6.45) is -0.375. The number of carbonyl (C=O) groups excluding carboxylic acids is 3. The first kappa shape index (κ1) is 23.9. The van der Waals surface area contributed by atoms with Crippen molar-refractivity contribution in [1.29, 1.82) is 0 Å². The Morgan fingerprint density at radius 3 is 2.06 bits per heavy atom. The summed E-state index contributed by atoms with van der Waals surface area (Å²) in [6.45, 7) is 7.64. The number of rotatable bonds is 9. The Bertz CT molecular complexity index is 864. The number of amides is 3. The van der Waals surface area contributed by atoms with Crippen LogP contribution in [0, 0.1) is 5.92 Å². The highest BCUT2D eigenvalue weighted by Crippen LogP contribution is 2.13. The standard InChI is InChI=1S/C24H31N3O4/c1-16(2)22(27-24(30)31-15-19-8-6-5-7-9-19)23(29)26-20-12-10-18(11-13-20)14-21(28)25-17(3)4/h5-13,16-17,22H,14-15H2,1-4H3,(H,25,28)(H,26,29)(H,27,30)/t22-/m0/s1. The van der Waals surface area contributed by atoms with Crippen molar-refractivity contribution in [1.82, 2.24) is 10.6 Å². The lowest BCUT2D eigenvalue weighted by Crippen LogP contribution is -2.47. The number of anilines is 1. The summed E-state index contributed by atoms with van der Waals surface area (Å²) in [5.41, 5.74) is 2.30. The molecule has 2 aromatic rings. The summed E-state index contributed by atoms with van der Waals surface area (Å²) in [4.78, 5) is 36.7. The van der Waals surface area contributed by atoms with Crippen LogP contribution in [0.15, 0.2) is 54.6 Å². The van der Waals surface area contributed by atoms with Crippen molar-refractivity contribution in [2.75, 3.05) is 5.32 Å². The van der Waals surface area contributed by atoms with Crippen LogP contribution in [0.4, 0.5) is 10.5 Å². The molecule has 0 aliphatic carbocycles. The Labute approximate surface area is 183 Å². The van der Waals surface area contributed by atoms with Gasteiger partial charge in [0.2, 0.25) is 11.8 Å². The molecule has 0 spiro atoms. The van der Waals surface area contributed by atoms with Gasteiger partial charge in [-0.1, -0.05) is 56.3 Å². The Balaban J connectivity index is 1.89. The highest BCUT2D eigenvalue weighted by atomic mass is 16.5. The first-order valence-corrected chi connectivity index (χ1v) is 10.4. The van der Waals surface area contributed by atoms with Crippen LogP contribution in [0.25, 0.3) is 0 Å². The Kier molecular flexibility index (Phi) is 9.06. The average Bonchev–Trinajstić information content (AvgIpc) is 2.71. The number of nitrogens with one attached hydrogen (secondary N) is 3. The summed E-state index contributed by atoms with van der Waals surface area (Å²) >= 11 is 0. The molecule has 0 heterocycles. The number of hydrogen-bond donors (Lipinski definition) is 3. The van der Waals surface area contributed by atoms with Gasteiger partial charge in [0.15, 0.2) is 0 Å². The molecule has 3 N–H and O–H groups in total. The van der Waals surface area contributed by atoms with E-state index in [1.807, 2.05) is 58.0 Å². The van der Waals surface area contributed by atoms with Crippen molar-refractivity contribution >= 4 is 23.6 Å². The van der Waals surface area contributed by atoms with Gasteiger partial charge in [-0.3, -0.25) is 9.59 Å². The van der Waals surface area contributed by atoms with E-state index in [0.29, 0.717) is 5.69 Å². The topological polar surface area (TPSA) is 96.5 Å². The second-order valence-corrected chi connectivity index (χ2v) is 8.01. The number of ether oxygens (including phenoxy) is 1. The van der Waals surface area contributed by atoms with Crippen molar-refractivity contribution in [2.24, 2.45) is 5.92 Å². The normalized spacial score (nSPS) is 11.7. The summed E-state index contributed by atoms with van der Waals surface area (Å²) in [5, 5.41) is 8.29. The van der Waals surface area contributed by atoms with Gasteiger partial charge < -0.3 is 20.7 Å². The van der Waals surface area contributed by atoms with Gasteiger partial charge in [-0.25, -0.2) is 4.79 Å². The fraction of sp³-hybridized carbons (Fsp3) is 0.375. The Morgan fingerprint density at radius 2 is 1.48 bits per heavy atom. The third-order valence-electron chi connectivity index (χ3n) is 4.47. The van der Waals surface area contributed by atoms with Crippen LogP contribution in [0.1, 0.15) is 38.8 Å². The third-order valence-corrected chi connectivity index (χ3v) is 4.47. The predicted molar refractivity (Wildman–Crippen MR) is 120 cm³/mol. The quantitative estimate of drug-likeness (QED) is 0.571. The average molecular weight is 426 g/mol. The van der Waals surface area contributed by atoms with E-state index in [1.54, 1.807) is 24.3 Å². The van der Waals surface area contributed by atoms with Crippen molar-refractivity contribution in [3.8, 4) is 0 Å². The van der Waals surface area contributed by atoms with Crippen molar-refractivity contribution < 1.29 is 19.1 Å². The molecule has 2 aromatic carbocycles. The van der Waals surface area contributed by atoms with Gasteiger partial charge >= 0.3 is 6.09 Å². The minimum absolute atomic E-state index is 0.0510. The van der Waals surface area contributed by atoms with Gasteiger partial charge in [0, 0.05) is 11.7 Å². The molecule has 7 heteroatoms. The van der Waals surface area contributed by atoms with Gasteiger partial charge in [0.05, 0.1) is 6.42 Å². The minimum atomic E-state index is -0.750. The molecule has 0 bridgehead atoms. The second-order valence-electron chi connectivity index (χ2n) is 8.01. The first-order valence-electron chi connectivity index (χ1n) is 10.4. The molecular weight excluding hydrogens is 394 g/mol. The van der Waals surface area contributed by atoms with E-state index in [2.05, 4.69) is 16.0 Å². The molecule has 166 valence electrons. The van der Waals surface area contributed by atoms with Gasteiger partial charge in [0.1, 0.15) is 12.6 Å². The SMILES string of the molecule is CC(C)NC(=O)Cc1ccc(NC(=O)[C@@H](NC(=O)OCc2ccccc2)C(C)C)cc1. The zero-order valence-corrected chi connectivity index (χ0v) is 18.5. The highest BCUT2D eigenvalue weighted by molar-refractivity contribution is 5.96. The van der Waals surface area contributed by atoms with E-state index in [9.17, 15) is 14.4 Å². The maximum atomic E-state index is 12.7. The molecule has 0 aliphatic heterocycles. The van der Waals surface area contributed by atoms with Gasteiger partial charge in [-0.15, -0.1) is 0 Å². The van der Waals surface area contributed by atoms with E-state index >= 15 is 0 Å². The van der Waals surface area contributed by atoms with Crippen LogP contribution >= 0.6 is 0 Å². The second kappa shape index (κ2) is 11.7. The smallest absolute Gasteiger partial charge is 0.408 e. The molecular formula is C24H31N3O4. The molecule has 0 aliphatic rings. The minimum Gasteiger partial charge on any atom is -0.445 e. The van der Waals surface area contributed by atoms with E-state index in [-0.39, 0.29) is 36.8 Å². The maximum Gasteiger partial charge on any atom is 0.408 e. The van der Waals surface area contributed by atoms with E-state index in [4.69, 9.17) is 4.74 Å². The predicted octanol–water partition coefficient (Wildman–Crippen LogP) is 3.64. The molecule has 0 fully saturated rings. The zero-order valence-electron chi connectivity index (χ0n) is 18.5. The van der Waals surface area contributed by atoms with E-state index in [0.717, 1.165) is 11.1 Å². The Morgan fingerprint density at radius 1 is 0.839 bits per heavy atom. The third kappa shape index (κ3) is 8.50. The lowest BCUT2D eigenvalue weighted by molar-refractivity contribution is -0.121. The summed E-state index contributed by atoms with van der Waals surface area (Å²) in [6, 6.07) is 15.7. The number of hydrogen-bond acceptors (Lipinski definition) is 4. The van der Waals surface area contributed by atoms with Crippen molar-refractivity contribution in [3.05, 3.63) is 65.7 Å². The summed E-state index contributed by atoms with van der Waals surface area (Å²) < 4.78 is 5.22. The van der Waals surface area contributed by atoms with Crippen molar-refractivity contribution in [2.45, 2.75) is 52.8 Å². The first-order chi connectivity index (χ1) is 14.7. The van der Waals surface area contributed by atoms with Crippen LogP contribution in [-0.4, -0.2) is 30.0 Å².